The molecule has 116 valence electrons. The quantitative estimate of drug-likeness (QED) is 0.926. The van der Waals surface area contributed by atoms with E-state index in [-0.39, 0.29) is 17.9 Å². The van der Waals surface area contributed by atoms with Gasteiger partial charge in [0.15, 0.2) is 0 Å². The van der Waals surface area contributed by atoms with Gasteiger partial charge in [0.05, 0.1) is 19.6 Å². The number of nitrogens with zero attached hydrogens (tertiary/aromatic N) is 1. The van der Waals surface area contributed by atoms with E-state index >= 15 is 0 Å². The van der Waals surface area contributed by atoms with Crippen LogP contribution in [0.3, 0.4) is 0 Å². The molecule has 1 heterocycles. The monoisotopic (exact) mass is 291 g/mol. The standard InChI is InChI=1S/C17H25NO3/c1-17(2,3)14-6-4-13(5-7-14)15(12-16(19)20)18-8-10-21-11-9-18/h4-7,15H,8-12H2,1-3H3,(H,19,20). The third-order valence-corrected chi connectivity index (χ3v) is 4.02. The maximum atomic E-state index is 11.2. The highest BCUT2D eigenvalue weighted by Crippen LogP contribution is 2.28. The summed E-state index contributed by atoms with van der Waals surface area (Å²) >= 11 is 0. The first-order valence-electron chi connectivity index (χ1n) is 7.52. The number of carbonyl (C=O) groups is 1. The summed E-state index contributed by atoms with van der Waals surface area (Å²) in [7, 11) is 0. The lowest BCUT2D eigenvalue weighted by Gasteiger charge is -2.34. The minimum Gasteiger partial charge on any atom is -0.481 e. The zero-order valence-corrected chi connectivity index (χ0v) is 13.1. The van der Waals surface area contributed by atoms with Crippen LogP contribution >= 0.6 is 0 Å². The molecule has 0 aliphatic carbocycles. The molecule has 0 amide bonds. The van der Waals surface area contributed by atoms with Crippen LogP contribution in [0.15, 0.2) is 24.3 Å². The number of carboxylic acids is 1. The van der Waals surface area contributed by atoms with Gasteiger partial charge in [-0.15, -0.1) is 0 Å². The van der Waals surface area contributed by atoms with Crippen molar-refractivity contribution in [3.8, 4) is 0 Å². The number of benzene rings is 1. The predicted octanol–water partition coefficient (Wildman–Crippen LogP) is 2.83. The van der Waals surface area contributed by atoms with E-state index < -0.39 is 5.97 Å². The molecular weight excluding hydrogens is 266 g/mol. The Hall–Kier alpha value is -1.39. The van der Waals surface area contributed by atoms with Gasteiger partial charge >= 0.3 is 5.97 Å². The number of hydrogen-bond donors (Lipinski definition) is 1. The average molecular weight is 291 g/mol. The summed E-state index contributed by atoms with van der Waals surface area (Å²) < 4.78 is 5.37. The molecule has 0 saturated carbocycles. The van der Waals surface area contributed by atoms with Gasteiger partial charge in [-0.1, -0.05) is 45.0 Å². The van der Waals surface area contributed by atoms with Crippen LogP contribution in [0, 0.1) is 0 Å². The zero-order valence-electron chi connectivity index (χ0n) is 13.1. The molecule has 1 unspecified atom stereocenters. The summed E-state index contributed by atoms with van der Waals surface area (Å²) in [5.41, 5.74) is 2.45. The van der Waals surface area contributed by atoms with Crippen molar-refractivity contribution in [3.05, 3.63) is 35.4 Å². The molecule has 0 aromatic heterocycles. The highest BCUT2D eigenvalue weighted by atomic mass is 16.5. The number of carboxylic acid groups (broad SMARTS) is 1. The van der Waals surface area contributed by atoms with Gasteiger partial charge in [0.2, 0.25) is 0 Å². The molecule has 4 heteroatoms. The summed E-state index contributed by atoms with van der Waals surface area (Å²) in [6, 6.07) is 8.31. The van der Waals surface area contributed by atoms with Gasteiger partial charge in [-0.2, -0.15) is 0 Å². The third kappa shape index (κ3) is 4.29. The van der Waals surface area contributed by atoms with Crippen LogP contribution in [0.1, 0.15) is 44.4 Å². The summed E-state index contributed by atoms with van der Waals surface area (Å²) in [6.07, 6.45) is 0.134. The number of morpholine rings is 1. The van der Waals surface area contributed by atoms with Crippen LogP contribution in [0.25, 0.3) is 0 Å². The topological polar surface area (TPSA) is 49.8 Å². The SMILES string of the molecule is CC(C)(C)c1ccc(C(CC(=O)O)N2CCOCC2)cc1. The Morgan fingerprint density at radius 2 is 1.81 bits per heavy atom. The molecule has 0 bridgehead atoms. The van der Waals surface area contributed by atoms with Crippen LogP contribution in [0.2, 0.25) is 0 Å². The maximum absolute atomic E-state index is 11.2. The summed E-state index contributed by atoms with van der Waals surface area (Å²) in [4.78, 5) is 13.4. The first kappa shape index (κ1) is 16.0. The molecule has 0 spiro atoms. The van der Waals surface area contributed by atoms with Crippen molar-refractivity contribution in [1.29, 1.82) is 0 Å². The van der Waals surface area contributed by atoms with Crippen molar-refractivity contribution < 1.29 is 14.6 Å². The van der Waals surface area contributed by atoms with Crippen LogP contribution < -0.4 is 0 Å². The van der Waals surface area contributed by atoms with Crippen LogP contribution in [0.4, 0.5) is 0 Å². The van der Waals surface area contributed by atoms with Crippen LogP contribution in [-0.4, -0.2) is 42.3 Å². The molecule has 1 aromatic carbocycles. The molecule has 1 N–H and O–H groups in total. The van der Waals surface area contributed by atoms with Gasteiger partial charge < -0.3 is 9.84 Å². The van der Waals surface area contributed by atoms with E-state index in [2.05, 4.69) is 49.9 Å². The van der Waals surface area contributed by atoms with Crippen molar-refractivity contribution in [3.63, 3.8) is 0 Å². The van der Waals surface area contributed by atoms with E-state index in [9.17, 15) is 9.90 Å². The minimum atomic E-state index is -0.758. The van der Waals surface area contributed by atoms with E-state index in [0.29, 0.717) is 13.2 Å². The van der Waals surface area contributed by atoms with Crippen molar-refractivity contribution in [2.24, 2.45) is 0 Å². The van der Waals surface area contributed by atoms with Gasteiger partial charge in [0.25, 0.3) is 0 Å². The summed E-state index contributed by atoms with van der Waals surface area (Å²) in [5.74, 6) is -0.758. The van der Waals surface area contributed by atoms with E-state index in [1.807, 2.05) is 0 Å². The fourth-order valence-electron chi connectivity index (χ4n) is 2.72. The highest BCUT2D eigenvalue weighted by molar-refractivity contribution is 5.68. The van der Waals surface area contributed by atoms with Crippen molar-refractivity contribution in [1.82, 2.24) is 4.90 Å². The second kappa shape index (κ2) is 6.58. The molecule has 1 atom stereocenters. The Labute approximate surface area is 126 Å². The molecule has 1 fully saturated rings. The molecule has 4 nitrogen and oxygen atoms in total. The molecule has 1 aliphatic heterocycles. The van der Waals surface area contributed by atoms with Crippen LogP contribution in [0.5, 0.6) is 0 Å². The molecule has 21 heavy (non-hydrogen) atoms. The largest absolute Gasteiger partial charge is 0.481 e. The Morgan fingerprint density at radius 1 is 1.24 bits per heavy atom. The first-order valence-corrected chi connectivity index (χ1v) is 7.52. The number of aliphatic carboxylic acids is 1. The average Bonchev–Trinajstić information content (AvgIpc) is 2.45. The lowest BCUT2D eigenvalue weighted by molar-refractivity contribution is -0.139. The van der Waals surface area contributed by atoms with E-state index in [1.165, 1.54) is 5.56 Å². The fraction of sp³-hybridized carbons (Fsp3) is 0.588. The number of rotatable bonds is 4. The molecular formula is C17H25NO3. The molecule has 1 saturated heterocycles. The third-order valence-electron chi connectivity index (χ3n) is 4.02. The normalized spacial score (nSPS) is 18.4. The van der Waals surface area contributed by atoms with Crippen molar-refractivity contribution >= 4 is 5.97 Å². The smallest absolute Gasteiger partial charge is 0.305 e. The van der Waals surface area contributed by atoms with Crippen molar-refractivity contribution in [2.75, 3.05) is 26.3 Å². The summed E-state index contributed by atoms with van der Waals surface area (Å²) in [6.45, 7) is 9.47. The fourth-order valence-corrected chi connectivity index (χ4v) is 2.72. The Morgan fingerprint density at radius 3 is 2.29 bits per heavy atom. The Bertz CT molecular complexity index is 470. The van der Waals surface area contributed by atoms with Crippen molar-refractivity contribution in [2.45, 2.75) is 38.6 Å². The first-order chi connectivity index (χ1) is 9.88. The highest BCUT2D eigenvalue weighted by Gasteiger charge is 2.25. The number of hydrogen-bond acceptors (Lipinski definition) is 3. The zero-order chi connectivity index (χ0) is 15.5. The van der Waals surface area contributed by atoms with Gasteiger partial charge in [-0.3, -0.25) is 9.69 Å². The van der Waals surface area contributed by atoms with Gasteiger partial charge in [0, 0.05) is 19.1 Å². The van der Waals surface area contributed by atoms with Crippen LogP contribution in [-0.2, 0) is 14.9 Å². The lowest BCUT2D eigenvalue weighted by Crippen LogP contribution is -2.39. The summed E-state index contributed by atoms with van der Waals surface area (Å²) in [5, 5.41) is 9.20. The van der Waals surface area contributed by atoms with Gasteiger partial charge in [-0.25, -0.2) is 0 Å². The second-order valence-electron chi connectivity index (χ2n) is 6.63. The second-order valence-corrected chi connectivity index (χ2v) is 6.63. The Kier molecular flexibility index (Phi) is 5.01. The predicted molar refractivity (Wildman–Crippen MR) is 82.5 cm³/mol. The number of ether oxygens (including phenoxy) is 1. The van der Waals surface area contributed by atoms with E-state index in [1.54, 1.807) is 0 Å². The van der Waals surface area contributed by atoms with Gasteiger partial charge in [0.1, 0.15) is 0 Å². The maximum Gasteiger partial charge on any atom is 0.305 e. The molecule has 0 radical (unpaired) electrons. The lowest BCUT2D eigenvalue weighted by atomic mass is 9.86. The molecule has 1 aliphatic rings. The molecule has 2 rings (SSSR count). The van der Waals surface area contributed by atoms with E-state index in [0.717, 1.165) is 18.7 Å². The molecule has 1 aromatic rings. The Balaban J connectivity index is 2.21. The van der Waals surface area contributed by atoms with Gasteiger partial charge in [-0.05, 0) is 16.5 Å². The van der Waals surface area contributed by atoms with E-state index in [4.69, 9.17) is 4.74 Å². The minimum absolute atomic E-state index is 0.0691.